The van der Waals surface area contributed by atoms with E-state index in [1.165, 1.54) is 0 Å². The number of hydrogen-bond donors (Lipinski definition) is 1. The van der Waals surface area contributed by atoms with Crippen molar-refractivity contribution < 1.29 is 29.0 Å². The highest BCUT2D eigenvalue weighted by molar-refractivity contribution is 5.98. The molecule has 5 atom stereocenters. The van der Waals surface area contributed by atoms with Crippen molar-refractivity contribution in [3.05, 3.63) is 49.6 Å². The average molecular weight is 552 g/mol. The van der Waals surface area contributed by atoms with Crippen LogP contribution < -0.4 is 0 Å². The van der Waals surface area contributed by atoms with E-state index in [1.54, 1.807) is 26.6 Å². The van der Waals surface area contributed by atoms with Crippen LogP contribution in [0.4, 0.5) is 0 Å². The molecule has 214 valence electrons. The molecule has 3 aliphatic heterocycles. The van der Waals surface area contributed by atoms with Gasteiger partial charge in [-0.3, -0.25) is 14.4 Å². The zero-order chi connectivity index (χ0) is 28.3. The minimum absolute atomic E-state index is 0.0608. The monoisotopic (exact) mass is 551 g/mol. The summed E-state index contributed by atoms with van der Waals surface area (Å²) in [6.45, 7) is 8.43. The van der Waals surface area contributed by atoms with Crippen molar-refractivity contribution in [1.82, 2.24) is 24.8 Å². The first-order valence-corrected chi connectivity index (χ1v) is 14.0. The maximum absolute atomic E-state index is 14.4. The van der Waals surface area contributed by atoms with Gasteiger partial charge in [0, 0.05) is 19.7 Å². The van der Waals surface area contributed by atoms with Crippen LogP contribution in [-0.2, 0) is 30.5 Å². The van der Waals surface area contributed by atoms with Crippen LogP contribution in [0.5, 0.6) is 0 Å². The third kappa shape index (κ3) is 4.81. The molecule has 0 aliphatic carbocycles. The number of unbranched alkanes of at least 4 members (excludes halogenated alkanes) is 2. The summed E-state index contributed by atoms with van der Waals surface area (Å²) in [5, 5.41) is 17.7. The van der Waals surface area contributed by atoms with Crippen LogP contribution in [-0.4, -0.2) is 91.7 Å². The smallest absolute Gasteiger partial charge is 0.312 e. The van der Waals surface area contributed by atoms with Gasteiger partial charge in [0.1, 0.15) is 23.8 Å². The Bertz CT molecular complexity index is 1280. The zero-order valence-corrected chi connectivity index (χ0v) is 22.7. The molecule has 1 aromatic heterocycles. The second-order valence-electron chi connectivity index (χ2n) is 10.7. The van der Waals surface area contributed by atoms with Gasteiger partial charge >= 0.3 is 5.97 Å². The van der Waals surface area contributed by atoms with Gasteiger partial charge < -0.3 is 24.4 Å². The van der Waals surface area contributed by atoms with Gasteiger partial charge in [-0.1, -0.05) is 29.5 Å². The molecule has 3 saturated heterocycles. The van der Waals surface area contributed by atoms with E-state index in [1.807, 2.05) is 24.3 Å². The van der Waals surface area contributed by atoms with Crippen molar-refractivity contribution in [2.45, 2.75) is 62.9 Å². The largest absolute Gasteiger partial charge is 0.465 e. The van der Waals surface area contributed by atoms with Crippen LogP contribution in [0.25, 0.3) is 11.0 Å². The maximum atomic E-state index is 14.4. The first-order chi connectivity index (χ1) is 19.5. The van der Waals surface area contributed by atoms with Crippen molar-refractivity contribution in [3.8, 4) is 0 Å². The molecular formula is C29H37N5O6. The number of benzene rings is 1. The Labute approximate surface area is 233 Å². The molecule has 0 radical (unpaired) electrons. The fourth-order valence-corrected chi connectivity index (χ4v) is 6.58. The zero-order valence-electron chi connectivity index (χ0n) is 22.7. The van der Waals surface area contributed by atoms with Crippen LogP contribution in [0.2, 0.25) is 0 Å². The second kappa shape index (κ2) is 11.9. The van der Waals surface area contributed by atoms with Gasteiger partial charge in [-0.15, -0.1) is 18.3 Å². The van der Waals surface area contributed by atoms with Crippen LogP contribution in [0.15, 0.2) is 49.6 Å². The fraction of sp³-hybridized carbons (Fsp3) is 0.552. The molecule has 4 heterocycles. The number of likely N-dealkylation sites (tertiary alicyclic amines) is 1. The third-order valence-corrected chi connectivity index (χ3v) is 8.32. The molecule has 3 fully saturated rings. The minimum Gasteiger partial charge on any atom is -0.465 e. The normalized spacial score (nSPS) is 26.7. The predicted octanol–water partition coefficient (Wildman–Crippen LogP) is 2.06. The Morgan fingerprint density at radius 2 is 2.05 bits per heavy atom. The highest BCUT2D eigenvalue weighted by Crippen LogP contribution is 2.58. The second-order valence-corrected chi connectivity index (χ2v) is 10.7. The molecule has 2 amide bonds. The summed E-state index contributed by atoms with van der Waals surface area (Å²) in [6, 6.07) is 6.60. The Morgan fingerprint density at radius 1 is 1.23 bits per heavy atom. The summed E-state index contributed by atoms with van der Waals surface area (Å²) in [4.78, 5) is 44.8. The van der Waals surface area contributed by atoms with E-state index in [9.17, 15) is 19.5 Å². The third-order valence-electron chi connectivity index (χ3n) is 8.32. The molecular weight excluding hydrogens is 514 g/mol. The van der Waals surface area contributed by atoms with Gasteiger partial charge in [0.25, 0.3) is 0 Å². The minimum atomic E-state index is -1.11. The number of carbonyl (C=O) groups is 3. The molecule has 2 bridgehead atoms. The van der Waals surface area contributed by atoms with Crippen molar-refractivity contribution in [1.29, 1.82) is 0 Å². The van der Waals surface area contributed by atoms with Gasteiger partial charge in [0.15, 0.2) is 0 Å². The van der Waals surface area contributed by atoms with Gasteiger partial charge in [-0.2, -0.15) is 0 Å². The Morgan fingerprint density at radius 3 is 2.83 bits per heavy atom. The van der Waals surface area contributed by atoms with E-state index in [2.05, 4.69) is 23.5 Å². The lowest BCUT2D eigenvalue weighted by atomic mass is 9.70. The highest BCUT2D eigenvalue weighted by atomic mass is 16.6. The summed E-state index contributed by atoms with van der Waals surface area (Å²) in [7, 11) is 0. The Balaban J connectivity index is 1.46. The molecule has 11 heteroatoms. The fourth-order valence-electron chi connectivity index (χ4n) is 6.58. The van der Waals surface area contributed by atoms with E-state index < -0.39 is 35.6 Å². The lowest BCUT2D eigenvalue weighted by Crippen LogP contribution is -2.56. The molecule has 1 aromatic carbocycles. The van der Waals surface area contributed by atoms with E-state index in [0.29, 0.717) is 50.6 Å². The van der Waals surface area contributed by atoms with Gasteiger partial charge in [0.05, 0.1) is 30.1 Å². The van der Waals surface area contributed by atoms with Crippen molar-refractivity contribution >= 4 is 28.8 Å². The summed E-state index contributed by atoms with van der Waals surface area (Å²) in [6.07, 6.45) is 6.35. The number of hydrogen-bond acceptors (Lipinski definition) is 8. The van der Waals surface area contributed by atoms with Crippen molar-refractivity contribution in [2.75, 3.05) is 26.3 Å². The number of carbonyl (C=O) groups excluding carboxylic acids is 3. The topological polar surface area (TPSA) is 127 Å². The SMILES string of the molecule is C=CCCOC(=O)[C@@H]1[C@H]2C(=O)N(CCCCCO)C(C(=O)N(CC=C)Cn3nnc4ccccc43)C23CC[C@H]1O3. The van der Waals surface area contributed by atoms with E-state index in [0.717, 1.165) is 5.52 Å². The first kappa shape index (κ1) is 28.0. The molecule has 2 aromatic rings. The molecule has 1 spiro atoms. The number of aliphatic hydroxyl groups excluding tert-OH is 1. The highest BCUT2D eigenvalue weighted by Gasteiger charge is 2.75. The van der Waals surface area contributed by atoms with E-state index in [4.69, 9.17) is 9.47 Å². The number of amides is 2. The molecule has 1 N–H and O–H groups in total. The summed E-state index contributed by atoms with van der Waals surface area (Å²) < 4.78 is 13.6. The van der Waals surface area contributed by atoms with E-state index in [-0.39, 0.29) is 38.2 Å². The van der Waals surface area contributed by atoms with Crippen LogP contribution in [0, 0.1) is 11.8 Å². The number of ether oxygens (including phenoxy) is 2. The number of para-hydroxylation sites is 1. The standard InChI is InChI=1S/C29H37N5O6/c1-3-5-18-39-28(38)23-22-13-14-29(40-22)24(23)26(36)33(16-9-6-10-17-35)25(29)27(37)32(15-4-2)19-34-21-12-8-7-11-20(21)30-31-34/h3-4,7-8,11-12,22-25,35H,1-2,5-6,9-10,13-19H2/t22-,23+,24+,25?,29?/m1/s1. The number of aliphatic hydroxyl groups is 1. The quantitative estimate of drug-likeness (QED) is 0.215. The van der Waals surface area contributed by atoms with Crippen LogP contribution >= 0.6 is 0 Å². The van der Waals surface area contributed by atoms with Crippen LogP contribution in [0.3, 0.4) is 0 Å². The predicted molar refractivity (Wildman–Crippen MR) is 145 cm³/mol. The number of nitrogens with zero attached hydrogens (tertiary/aromatic N) is 5. The molecule has 40 heavy (non-hydrogen) atoms. The number of esters is 1. The molecule has 0 saturated carbocycles. The lowest BCUT2D eigenvalue weighted by molar-refractivity contribution is -0.155. The Kier molecular flexibility index (Phi) is 8.32. The van der Waals surface area contributed by atoms with Gasteiger partial charge in [-0.05, 0) is 50.7 Å². The Hall–Kier alpha value is -3.57. The first-order valence-electron chi connectivity index (χ1n) is 14.0. The number of rotatable bonds is 14. The van der Waals surface area contributed by atoms with Gasteiger partial charge in [-0.25, -0.2) is 4.68 Å². The van der Waals surface area contributed by atoms with Crippen molar-refractivity contribution in [3.63, 3.8) is 0 Å². The molecule has 3 aliphatic rings. The van der Waals surface area contributed by atoms with Gasteiger partial charge in [0.2, 0.25) is 11.8 Å². The number of fused-ring (bicyclic) bond motifs is 2. The summed E-state index contributed by atoms with van der Waals surface area (Å²) in [5.41, 5.74) is 0.385. The summed E-state index contributed by atoms with van der Waals surface area (Å²) >= 11 is 0. The molecule has 5 rings (SSSR count). The summed E-state index contributed by atoms with van der Waals surface area (Å²) in [5.74, 6) is -2.53. The molecule has 11 nitrogen and oxygen atoms in total. The number of aromatic nitrogens is 3. The van der Waals surface area contributed by atoms with Crippen LogP contribution in [0.1, 0.15) is 38.5 Å². The average Bonchev–Trinajstić information content (AvgIpc) is 3.70. The lowest BCUT2D eigenvalue weighted by Gasteiger charge is -2.36. The van der Waals surface area contributed by atoms with Crippen molar-refractivity contribution in [2.24, 2.45) is 11.8 Å². The maximum Gasteiger partial charge on any atom is 0.312 e. The molecule has 2 unspecified atom stereocenters. The van der Waals surface area contributed by atoms with E-state index >= 15 is 0 Å².